The normalized spacial score (nSPS) is 10.8. The van der Waals surface area contributed by atoms with Crippen LogP contribution in [0.25, 0.3) is 16.6 Å². The van der Waals surface area contributed by atoms with Gasteiger partial charge in [0.15, 0.2) is 0 Å². The van der Waals surface area contributed by atoms with Crippen molar-refractivity contribution in [3.05, 3.63) is 65.5 Å². The first-order valence-electron chi connectivity index (χ1n) is 7.53. The van der Waals surface area contributed by atoms with E-state index in [1.54, 1.807) is 30.1 Å². The average molecular weight is 334 g/mol. The van der Waals surface area contributed by atoms with Crippen LogP contribution in [0.15, 0.2) is 59.9 Å². The lowest BCUT2D eigenvalue weighted by Crippen LogP contribution is -2.03. The van der Waals surface area contributed by atoms with Crippen molar-refractivity contribution in [2.75, 3.05) is 12.4 Å². The monoisotopic (exact) mass is 334 g/mol. The second kappa shape index (κ2) is 6.08. The number of nitrogens with one attached hydrogen (secondary N) is 2. The van der Waals surface area contributed by atoms with E-state index in [4.69, 9.17) is 4.74 Å². The third-order valence-electron chi connectivity index (χ3n) is 3.73. The molecule has 4 rings (SSSR count). The number of hydrogen-bond acceptors (Lipinski definition) is 6. The number of fused-ring (bicyclic) bond motifs is 1. The Morgan fingerprint density at radius 2 is 2.08 bits per heavy atom. The molecule has 0 spiro atoms. The van der Waals surface area contributed by atoms with Crippen LogP contribution in [0.1, 0.15) is 0 Å². The van der Waals surface area contributed by atoms with E-state index in [1.165, 1.54) is 12.5 Å². The van der Waals surface area contributed by atoms with Gasteiger partial charge in [-0.2, -0.15) is 0 Å². The summed E-state index contributed by atoms with van der Waals surface area (Å²) in [6, 6.07) is 11.0. The highest BCUT2D eigenvalue weighted by Gasteiger charge is 2.11. The molecule has 0 radical (unpaired) electrons. The van der Waals surface area contributed by atoms with Gasteiger partial charge in [0.1, 0.15) is 23.7 Å². The Balaban J connectivity index is 1.82. The summed E-state index contributed by atoms with van der Waals surface area (Å²) in [5, 5.41) is 6.41. The summed E-state index contributed by atoms with van der Waals surface area (Å²) in [5.41, 5.74) is 1.27. The Morgan fingerprint density at radius 1 is 1.16 bits per heavy atom. The second-order valence-corrected chi connectivity index (χ2v) is 5.28. The zero-order chi connectivity index (χ0) is 17.2. The SMILES string of the molecule is COc1cccc(-n2[nH]c(=O)c3cnc(Nc4ccncn4)cc32)c1. The molecule has 0 amide bonds. The first-order chi connectivity index (χ1) is 12.2. The lowest BCUT2D eigenvalue weighted by atomic mass is 10.2. The molecule has 0 aliphatic heterocycles. The summed E-state index contributed by atoms with van der Waals surface area (Å²) in [6.45, 7) is 0. The number of hydrogen-bond donors (Lipinski definition) is 2. The standard InChI is InChI=1S/C17H14N6O2/c1-25-12-4-2-3-11(7-12)23-14-8-16(19-9-13(14)17(24)22-23)21-15-5-6-18-10-20-15/h2-10H,1H3,(H,22,24)(H,18,19,20,21). The Hall–Kier alpha value is -3.68. The summed E-state index contributed by atoms with van der Waals surface area (Å²) in [6.07, 6.45) is 4.62. The number of H-pyrrole nitrogens is 1. The predicted molar refractivity (Wildman–Crippen MR) is 93.6 cm³/mol. The number of aromatic nitrogens is 5. The van der Waals surface area contributed by atoms with Crippen LogP contribution < -0.4 is 15.6 Å². The van der Waals surface area contributed by atoms with Gasteiger partial charge in [-0.1, -0.05) is 6.07 Å². The van der Waals surface area contributed by atoms with Crippen LogP contribution in [0.3, 0.4) is 0 Å². The van der Waals surface area contributed by atoms with E-state index >= 15 is 0 Å². The molecule has 4 aromatic rings. The predicted octanol–water partition coefficient (Wildman–Crippen LogP) is 2.26. The molecule has 0 unspecified atom stereocenters. The first kappa shape index (κ1) is 14.9. The van der Waals surface area contributed by atoms with Crippen molar-refractivity contribution in [3.63, 3.8) is 0 Å². The van der Waals surface area contributed by atoms with E-state index in [9.17, 15) is 4.79 Å². The molecule has 124 valence electrons. The highest BCUT2D eigenvalue weighted by molar-refractivity contribution is 5.82. The van der Waals surface area contributed by atoms with Gasteiger partial charge in [0, 0.05) is 24.5 Å². The van der Waals surface area contributed by atoms with E-state index in [0.717, 1.165) is 5.69 Å². The third-order valence-corrected chi connectivity index (χ3v) is 3.73. The van der Waals surface area contributed by atoms with Crippen LogP contribution in [0.4, 0.5) is 11.6 Å². The van der Waals surface area contributed by atoms with Gasteiger partial charge < -0.3 is 10.1 Å². The van der Waals surface area contributed by atoms with Gasteiger partial charge in [0.2, 0.25) is 0 Å². The van der Waals surface area contributed by atoms with Gasteiger partial charge in [-0.05, 0) is 18.2 Å². The van der Waals surface area contributed by atoms with E-state index in [0.29, 0.717) is 28.3 Å². The fraction of sp³-hybridized carbons (Fsp3) is 0.0588. The summed E-state index contributed by atoms with van der Waals surface area (Å²) < 4.78 is 6.96. The van der Waals surface area contributed by atoms with Crippen LogP contribution in [0, 0.1) is 0 Å². The minimum atomic E-state index is -0.209. The van der Waals surface area contributed by atoms with Crippen LogP contribution in [-0.2, 0) is 0 Å². The molecule has 0 bridgehead atoms. The largest absolute Gasteiger partial charge is 0.497 e. The van der Waals surface area contributed by atoms with Gasteiger partial charge in [0.05, 0.1) is 23.7 Å². The van der Waals surface area contributed by atoms with Gasteiger partial charge >= 0.3 is 0 Å². The lowest BCUT2D eigenvalue weighted by Gasteiger charge is -2.08. The summed E-state index contributed by atoms with van der Waals surface area (Å²) in [4.78, 5) is 24.5. The van der Waals surface area contributed by atoms with Crippen molar-refractivity contribution in [3.8, 4) is 11.4 Å². The maximum absolute atomic E-state index is 12.2. The van der Waals surface area contributed by atoms with Gasteiger partial charge in [-0.3, -0.25) is 14.6 Å². The van der Waals surface area contributed by atoms with Gasteiger partial charge in [-0.15, -0.1) is 0 Å². The van der Waals surface area contributed by atoms with Crippen molar-refractivity contribution in [2.24, 2.45) is 0 Å². The summed E-state index contributed by atoms with van der Waals surface area (Å²) >= 11 is 0. The summed E-state index contributed by atoms with van der Waals surface area (Å²) in [7, 11) is 1.60. The third kappa shape index (κ3) is 2.80. The number of anilines is 2. The highest BCUT2D eigenvalue weighted by atomic mass is 16.5. The Labute approximate surface area is 142 Å². The van der Waals surface area contributed by atoms with Crippen LogP contribution in [-0.4, -0.2) is 31.8 Å². The Kier molecular flexibility index (Phi) is 3.62. The number of ether oxygens (including phenoxy) is 1. The molecule has 2 N–H and O–H groups in total. The molecule has 0 aliphatic rings. The molecule has 0 atom stereocenters. The molecule has 8 nitrogen and oxygen atoms in total. The maximum Gasteiger partial charge on any atom is 0.273 e. The Morgan fingerprint density at radius 3 is 2.88 bits per heavy atom. The van der Waals surface area contributed by atoms with E-state index < -0.39 is 0 Å². The first-order valence-corrected chi connectivity index (χ1v) is 7.53. The number of rotatable bonds is 4. The van der Waals surface area contributed by atoms with Gasteiger partial charge in [-0.25, -0.2) is 15.0 Å². The minimum absolute atomic E-state index is 0.209. The van der Waals surface area contributed by atoms with Crippen LogP contribution in [0.2, 0.25) is 0 Å². The molecule has 0 aliphatic carbocycles. The highest BCUT2D eigenvalue weighted by Crippen LogP contribution is 2.22. The second-order valence-electron chi connectivity index (χ2n) is 5.28. The number of benzene rings is 1. The zero-order valence-electron chi connectivity index (χ0n) is 13.3. The number of pyridine rings is 1. The Bertz CT molecular complexity index is 1090. The molecular weight excluding hydrogens is 320 g/mol. The number of methoxy groups -OCH3 is 1. The molecule has 0 saturated heterocycles. The molecular formula is C17H14N6O2. The van der Waals surface area contributed by atoms with E-state index in [1.807, 2.05) is 24.3 Å². The minimum Gasteiger partial charge on any atom is -0.497 e. The van der Waals surface area contributed by atoms with Crippen LogP contribution in [0.5, 0.6) is 5.75 Å². The van der Waals surface area contributed by atoms with Gasteiger partial charge in [0.25, 0.3) is 5.56 Å². The fourth-order valence-corrected chi connectivity index (χ4v) is 2.54. The molecule has 3 heterocycles. The lowest BCUT2D eigenvalue weighted by molar-refractivity contribution is 0.414. The maximum atomic E-state index is 12.2. The fourth-order valence-electron chi connectivity index (χ4n) is 2.54. The van der Waals surface area contributed by atoms with Crippen molar-refractivity contribution in [1.82, 2.24) is 24.7 Å². The molecule has 0 saturated carbocycles. The van der Waals surface area contributed by atoms with Crippen molar-refractivity contribution in [1.29, 1.82) is 0 Å². The van der Waals surface area contributed by atoms with Crippen molar-refractivity contribution < 1.29 is 4.74 Å². The smallest absolute Gasteiger partial charge is 0.273 e. The molecule has 25 heavy (non-hydrogen) atoms. The van der Waals surface area contributed by atoms with Crippen molar-refractivity contribution >= 4 is 22.5 Å². The van der Waals surface area contributed by atoms with Crippen molar-refractivity contribution in [2.45, 2.75) is 0 Å². The average Bonchev–Trinajstić information content (AvgIpc) is 2.99. The molecule has 3 aromatic heterocycles. The molecule has 1 aromatic carbocycles. The van der Waals surface area contributed by atoms with E-state index in [2.05, 4.69) is 25.4 Å². The number of aromatic amines is 1. The zero-order valence-corrected chi connectivity index (χ0v) is 13.3. The molecule has 8 heteroatoms. The van der Waals surface area contributed by atoms with Crippen LogP contribution >= 0.6 is 0 Å². The quantitative estimate of drug-likeness (QED) is 0.594. The topological polar surface area (TPSA) is 97.7 Å². The summed E-state index contributed by atoms with van der Waals surface area (Å²) in [5.74, 6) is 1.89. The number of nitrogens with zero attached hydrogens (tertiary/aromatic N) is 4. The molecule has 0 fully saturated rings. The van der Waals surface area contributed by atoms with E-state index in [-0.39, 0.29) is 5.56 Å².